The second-order valence-corrected chi connectivity index (χ2v) is 8.28. The predicted molar refractivity (Wildman–Crippen MR) is 123 cm³/mol. The maximum absolute atomic E-state index is 5.57. The van der Waals surface area contributed by atoms with Gasteiger partial charge in [0.2, 0.25) is 5.95 Å². The quantitative estimate of drug-likeness (QED) is 0.635. The largest absolute Gasteiger partial charge is 0.497 e. The van der Waals surface area contributed by atoms with Crippen molar-refractivity contribution in [2.75, 3.05) is 49.8 Å². The van der Waals surface area contributed by atoms with Crippen LogP contribution in [0.2, 0.25) is 0 Å². The standard InChI is InChI=1S/C24H29N5O2/c1-17-5-3-4-12-29(17)24-26-22-20(23(27-24)28-13-15-31-16-14-28)10-11-21(25-22)18-6-8-19(30-2)9-7-18/h6-11,17H,3-5,12-16H2,1-2H3. The van der Waals surface area contributed by atoms with Gasteiger partial charge < -0.3 is 19.3 Å². The summed E-state index contributed by atoms with van der Waals surface area (Å²) in [7, 11) is 1.68. The van der Waals surface area contributed by atoms with Crippen molar-refractivity contribution < 1.29 is 9.47 Å². The van der Waals surface area contributed by atoms with E-state index in [2.05, 4.69) is 28.9 Å². The molecule has 0 spiro atoms. The molecule has 2 aromatic heterocycles. The zero-order chi connectivity index (χ0) is 21.2. The second kappa shape index (κ2) is 8.67. The minimum Gasteiger partial charge on any atom is -0.497 e. The number of aromatic nitrogens is 3. The molecule has 0 bridgehead atoms. The van der Waals surface area contributed by atoms with Crippen LogP contribution in [0.25, 0.3) is 22.3 Å². The third-order valence-corrected chi connectivity index (χ3v) is 6.28. The number of nitrogens with zero attached hydrogens (tertiary/aromatic N) is 5. The number of piperidine rings is 1. The number of pyridine rings is 1. The first-order chi connectivity index (χ1) is 15.2. The minimum atomic E-state index is 0.438. The van der Waals surface area contributed by atoms with Gasteiger partial charge >= 0.3 is 0 Å². The van der Waals surface area contributed by atoms with Crippen LogP contribution < -0.4 is 14.5 Å². The van der Waals surface area contributed by atoms with Crippen LogP contribution in [0.15, 0.2) is 36.4 Å². The van der Waals surface area contributed by atoms with Crippen LogP contribution in [0.5, 0.6) is 5.75 Å². The second-order valence-electron chi connectivity index (χ2n) is 8.28. The van der Waals surface area contributed by atoms with Gasteiger partial charge in [0.05, 0.1) is 31.4 Å². The summed E-state index contributed by atoms with van der Waals surface area (Å²) in [5, 5.41) is 0.993. The summed E-state index contributed by atoms with van der Waals surface area (Å²) in [6.07, 6.45) is 3.62. The monoisotopic (exact) mass is 419 g/mol. The fourth-order valence-corrected chi connectivity index (χ4v) is 4.45. The van der Waals surface area contributed by atoms with Crippen molar-refractivity contribution in [3.8, 4) is 17.0 Å². The van der Waals surface area contributed by atoms with E-state index in [9.17, 15) is 0 Å². The molecule has 7 heteroatoms. The number of fused-ring (bicyclic) bond motifs is 1. The maximum Gasteiger partial charge on any atom is 0.229 e. The first kappa shape index (κ1) is 20.0. The Labute approximate surface area is 183 Å². The lowest BCUT2D eigenvalue weighted by Gasteiger charge is -2.35. The van der Waals surface area contributed by atoms with Crippen molar-refractivity contribution in [2.45, 2.75) is 32.2 Å². The smallest absolute Gasteiger partial charge is 0.229 e. The number of anilines is 2. The number of methoxy groups -OCH3 is 1. The molecular weight excluding hydrogens is 390 g/mol. The van der Waals surface area contributed by atoms with Gasteiger partial charge in [-0.1, -0.05) is 0 Å². The average Bonchev–Trinajstić information content (AvgIpc) is 2.84. The molecule has 31 heavy (non-hydrogen) atoms. The number of benzene rings is 1. The van der Waals surface area contributed by atoms with Crippen LogP contribution in [-0.2, 0) is 4.74 Å². The van der Waals surface area contributed by atoms with Crippen molar-refractivity contribution >= 4 is 22.8 Å². The van der Waals surface area contributed by atoms with Crippen molar-refractivity contribution in [1.82, 2.24) is 15.0 Å². The van der Waals surface area contributed by atoms with E-state index in [4.69, 9.17) is 24.4 Å². The van der Waals surface area contributed by atoms with Crippen LogP contribution in [-0.4, -0.2) is 61.0 Å². The SMILES string of the molecule is COc1ccc(-c2ccc3c(N4CCOCC4)nc(N4CCCCC4C)nc3n2)cc1. The van der Waals surface area contributed by atoms with E-state index in [0.717, 1.165) is 72.7 Å². The summed E-state index contributed by atoms with van der Waals surface area (Å²) in [4.78, 5) is 19.6. The highest BCUT2D eigenvalue weighted by Crippen LogP contribution is 2.31. The summed E-state index contributed by atoms with van der Waals surface area (Å²) < 4.78 is 10.9. The molecule has 0 saturated carbocycles. The van der Waals surface area contributed by atoms with Crippen LogP contribution >= 0.6 is 0 Å². The van der Waals surface area contributed by atoms with Crippen LogP contribution in [0, 0.1) is 0 Å². The Hall–Kier alpha value is -2.93. The van der Waals surface area contributed by atoms with E-state index >= 15 is 0 Å². The van der Waals surface area contributed by atoms with E-state index in [1.165, 1.54) is 19.3 Å². The number of hydrogen-bond acceptors (Lipinski definition) is 7. The van der Waals surface area contributed by atoms with Crippen molar-refractivity contribution in [2.24, 2.45) is 0 Å². The molecule has 2 aliphatic rings. The molecule has 1 atom stereocenters. The lowest BCUT2D eigenvalue weighted by atomic mass is 10.0. The summed E-state index contributed by atoms with van der Waals surface area (Å²) in [5.41, 5.74) is 2.69. The number of hydrogen-bond donors (Lipinski definition) is 0. The van der Waals surface area contributed by atoms with Gasteiger partial charge in [0, 0.05) is 31.2 Å². The average molecular weight is 420 g/mol. The molecule has 1 aromatic carbocycles. The Bertz CT molecular complexity index is 1050. The van der Waals surface area contributed by atoms with Gasteiger partial charge in [0.25, 0.3) is 0 Å². The van der Waals surface area contributed by atoms with E-state index < -0.39 is 0 Å². The molecule has 162 valence electrons. The molecule has 2 aliphatic heterocycles. The summed E-state index contributed by atoms with van der Waals surface area (Å²) >= 11 is 0. The van der Waals surface area contributed by atoms with Crippen LogP contribution in [0.1, 0.15) is 26.2 Å². The van der Waals surface area contributed by atoms with E-state index in [1.807, 2.05) is 24.3 Å². The van der Waals surface area contributed by atoms with E-state index in [0.29, 0.717) is 6.04 Å². The summed E-state index contributed by atoms with van der Waals surface area (Å²) in [6.45, 7) is 6.37. The van der Waals surface area contributed by atoms with Crippen molar-refractivity contribution in [3.63, 3.8) is 0 Å². The fraction of sp³-hybridized carbons (Fsp3) is 0.458. The van der Waals surface area contributed by atoms with Gasteiger partial charge in [-0.2, -0.15) is 9.97 Å². The molecule has 0 amide bonds. The lowest BCUT2D eigenvalue weighted by Crippen LogP contribution is -2.40. The van der Waals surface area contributed by atoms with Crippen LogP contribution in [0.3, 0.4) is 0 Å². The molecule has 1 unspecified atom stereocenters. The van der Waals surface area contributed by atoms with Gasteiger partial charge in [-0.05, 0) is 62.6 Å². The molecule has 0 N–H and O–H groups in total. The first-order valence-electron chi connectivity index (χ1n) is 11.2. The van der Waals surface area contributed by atoms with Crippen LogP contribution in [0.4, 0.5) is 11.8 Å². The highest BCUT2D eigenvalue weighted by molar-refractivity contribution is 5.90. The molecule has 7 nitrogen and oxygen atoms in total. The summed E-state index contributed by atoms with van der Waals surface area (Å²) in [6, 6.07) is 12.6. The normalized spacial score (nSPS) is 19.6. The lowest BCUT2D eigenvalue weighted by molar-refractivity contribution is 0.122. The molecule has 3 aromatic rings. The third-order valence-electron chi connectivity index (χ3n) is 6.28. The number of ether oxygens (including phenoxy) is 2. The van der Waals surface area contributed by atoms with Gasteiger partial charge in [0.15, 0.2) is 5.65 Å². The summed E-state index contributed by atoms with van der Waals surface area (Å²) in [5.74, 6) is 2.60. The first-order valence-corrected chi connectivity index (χ1v) is 11.2. The molecule has 2 saturated heterocycles. The Kier molecular flexibility index (Phi) is 5.59. The van der Waals surface area contributed by atoms with Crippen molar-refractivity contribution in [3.05, 3.63) is 36.4 Å². The zero-order valence-electron chi connectivity index (χ0n) is 18.3. The molecular formula is C24H29N5O2. The molecule has 0 aliphatic carbocycles. The van der Waals surface area contributed by atoms with Gasteiger partial charge in [0.1, 0.15) is 11.6 Å². The molecule has 5 rings (SSSR count). The minimum absolute atomic E-state index is 0.438. The van der Waals surface area contributed by atoms with Gasteiger partial charge in [-0.25, -0.2) is 4.98 Å². The highest BCUT2D eigenvalue weighted by atomic mass is 16.5. The fourth-order valence-electron chi connectivity index (χ4n) is 4.45. The Morgan fingerprint density at radius 2 is 1.74 bits per heavy atom. The zero-order valence-corrected chi connectivity index (χ0v) is 18.3. The van der Waals surface area contributed by atoms with Gasteiger partial charge in [-0.15, -0.1) is 0 Å². The molecule has 4 heterocycles. The van der Waals surface area contributed by atoms with E-state index in [-0.39, 0.29) is 0 Å². The molecule has 0 radical (unpaired) electrons. The Balaban J connectivity index is 1.61. The Morgan fingerprint density at radius 3 is 2.48 bits per heavy atom. The maximum atomic E-state index is 5.57. The topological polar surface area (TPSA) is 63.6 Å². The Morgan fingerprint density at radius 1 is 0.935 bits per heavy atom. The number of morpholine rings is 1. The molecule has 2 fully saturated rings. The van der Waals surface area contributed by atoms with Gasteiger partial charge in [-0.3, -0.25) is 0 Å². The third kappa shape index (κ3) is 4.02. The van der Waals surface area contributed by atoms with E-state index in [1.54, 1.807) is 7.11 Å². The number of rotatable bonds is 4. The van der Waals surface area contributed by atoms with Crippen molar-refractivity contribution in [1.29, 1.82) is 0 Å². The highest BCUT2D eigenvalue weighted by Gasteiger charge is 2.25. The predicted octanol–water partition coefficient (Wildman–Crippen LogP) is 3.92.